The number of para-hydroxylation sites is 1. The Morgan fingerprint density at radius 1 is 0.655 bits per heavy atom. The normalized spacial score (nSPS) is 10.2. The number of carbonyl (C=O) groups is 3. The quantitative estimate of drug-likeness (QED) is 0.264. The molecule has 2 aromatic rings. The first-order valence-electron chi connectivity index (χ1n) is 9.73. The summed E-state index contributed by atoms with van der Waals surface area (Å²) in [5.74, 6) is -0.541. The third-order valence-electron chi connectivity index (χ3n) is 4.34. The lowest BCUT2D eigenvalue weighted by molar-refractivity contribution is -0.128. The second kappa shape index (κ2) is 12.3. The van der Waals surface area contributed by atoms with E-state index in [0.717, 1.165) is 36.9 Å². The number of carbonyl (C=O) groups excluding carboxylic acids is 3. The Morgan fingerprint density at radius 2 is 1.17 bits per heavy atom. The van der Waals surface area contributed by atoms with Crippen LogP contribution in [0, 0.1) is 0 Å². The summed E-state index contributed by atoms with van der Waals surface area (Å²) in [4.78, 5) is 34.9. The minimum Gasteiger partial charge on any atom is -0.326 e. The molecule has 0 heterocycles. The molecule has 0 aromatic heterocycles. The standard InChI is InChI=1S/C22H27N3O4/c26-20(23-18-8-4-3-5-9-18)10-6-1-2-7-11-21(27)24-19-14-12-17(13-15-19)16-22(28)25-29/h3-5,8-9,12-15,29H,1-2,6-7,10-11,16H2,(H,23,26)(H,24,27)(H,25,28). The lowest BCUT2D eigenvalue weighted by Gasteiger charge is -2.07. The van der Waals surface area contributed by atoms with Crippen LogP contribution in [0.3, 0.4) is 0 Å². The van der Waals surface area contributed by atoms with Crippen molar-refractivity contribution in [2.75, 3.05) is 10.6 Å². The van der Waals surface area contributed by atoms with Crippen LogP contribution in [0.25, 0.3) is 0 Å². The minimum atomic E-state index is -0.487. The fourth-order valence-electron chi connectivity index (χ4n) is 2.82. The number of benzene rings is 2. The highest BCUT2D eigenvalue weighted by atomic mass is 16.5. The highest BCUT2D eigenvalue weighted by molar-refractivity contribution is 5.91. The summed E-state index contributed by atoms with van der Waals surface area (Å²) in [6.45, 7) is 0. The van der Waals surface area contributed by atoms with Gasteiger partial charge in [0.15, 0.2) is 0 Å². The summed E-state index contributed by atoms with van der Waals surface area (Å²) in [6.07, 6.45) is 4.32. The van der Waals surface area contributed by atoms with Crippen molar-refractivity contribution >= 4 is 29.1 Å². The predicted molar refractivity (Wildman–Crippen MR) is 111 cm³/mol. The fraction of sp³-hybridized carbons (Fsp3) is 0.318. The second-order valence-corrected chi connectivity index (χ2v) is 6.79. The van der Waals surface area contributed by atoms with Gasteiger partial charge in [0.05, 0.1) is 6.42 Å². The van der Waals surface area contributed by atoms with Crippen molar-refractivity contribution in [1.82, 2.24) is 5.48 Å². The van der Waals surface area contributed by atoms with Crippen LogP contribution in [0.4, 0.5) is 11.4 Å². The van der Waals surface area contributed by atoms with Gasteiger partial charge in [-0.25, -0.2) is 5.48 Å². The third-order valence-corrected chi connectivity index (χ3v) is 4.34. The largest absolute Gasteiger partial charge is 0.326 e. The smallest absolute Gasteiger partial charge is 0.247 e. The molecule has 0 radical (unpaired) electrons. The molecule has 4 N–H and O–H groups in total. The molecule has 7 nitrogen and oxygen atoms in total. The minimum absolute atomic E-state index is 0.00820. The van der Waals surface area contributed by atoms with E-state index in [4.69, 9.17) is 5.21 Å². The first kappa shape index (κ1) is 22.1. The van der Waals surface area contributed by atoms with Gasteiger partial charge in [0, 0.05) is 24.2 Å². The molecule has 0 bridgehead atoms. The van der Waals surface area contributed by atoms with Crippen LogP contribution in [0.15, 0.2) is 54.6 Å². The molecule has 0 saturated heterocycles. The van der Waals surface area contributed by atoms with Gasteiger partial charge < -0.3 is 10.6 Å². The number of hydrogen-bond acceptors (Lipinski definition) is 4. The lowest BCUT2D eigenvalue weighted by atomic mass is 10.1. The van der Waals surface area contributed by atoms with E-state index >= 15 is 0 Å². The Labute approximate surface area is 170 Å². The summed E-state index contributed by atoms with van der Waals surface area (Å²) in [6, 6.07) is 16.3. The predicted octanol–water partition coefficient (Wildman–Crippen LogP) is 3.65. The molecule has 29 heavy (non-hydrogen) atoms. The number of hydrogen-bond donors (Lipinski definition) is 4. The Kier molecular flexibility index (Phi) is 9.38. The average Bonchev–Trinajstić information content (AvgIpc) is 2.72. The topological polar surface area (TPSA) is 108 Å². The van der Waals surface area contributed by atoms with Crippen molar-refractivity contribution in [3.63, 3.8) is 0 Å². The van der Waals surface area contributed by atoms with Crippen molar-refractivity contribution in [3.05, 3.63) is 60.2 Å². The Bertz CT molecular complexity index is 791. The highest BCUT2D eigenvalue weighted by Crippen LogP contribution is 2.12. The molecule has 0 fully saturated rings. The van der Waals surface area contributed by atoms with E-state index in [2.05, 4.69) is 10.6 Å². The van der Waals surface area contributed by atoms with Gasteiger partial charge in [-0.3, -0.25) is 19.6 Å². The lowest BCUT2D eigenvalue weighted by Crippen LogP contribution is -2.20. The van der Waals surface area contributed by atoms with Crippen LogP contribution in [0.1, 0.15) is 44.1 Å². The molecule has 154 valence electrons. The van der Waals surface area contributed by atoms with Crippen LogP contribution in [-0.4, -0.2) is 22.9 Å². The summed E-state index contributed by atoms with van der Waals surface area (Å²) in [5, 5.41) is 14.2. The van der Waals surface area contributed by atoms with E-state index in [1.807, 2.05) is 30.3 Å². The molecular formula is C22H27N3O4. The first-order chi connectivity index (χ1) is 14.1. The molecular weight excluding hydrogens is 370 g/mol. The maximum atomic E-state index is 12.0. The van der Waals surface area contributed by atoms with Gasteiger partial charge in [0.1, 0.15) is 0 Å². The van der Waals surface area contributed by atoms with Crippen molar-refractivity contribution in [2.45, 2.75) is 44.9 Å². The molecule has 7 heteroatoms. The Hall–Kier alpha value is -3.19. The van der Waals surface area contributed by atoms with Crippen LogP contribution in [-0.2, 0) is 20.8 Å². The molecule has 0 aliphatic heterocycles. The van der Waals surface area contributed by atoms with Gasteiger partial charge in [0.25, 0.3) is 0 Å². The van der Waals surface area contributed by atoms with E-state index in [0.29, 0.717) is 18.5 Å². The van der Waals surface area contributed by atoms with Gasteiger partial charge in [-0.2, -0.15) is 0 Å². The molecule has 0 aliphatic carbocycles. The molecule has 2 rings (SSSR count). The molecule has 0 atom stereocenters. The first-order valence-corrected chi connectivity index (χ1v) is 9.73. The van der Waals surface area contributed by atoms with E-state index in [-0.39, 0.29) is 18.2 Å². The maximum absolute atomic E-state index is 12.0. The molecule has 2 aromatic carbocycles. The van der Waals surface area contributed by atoms with Gasteiger partial charge >= 0.3 is 0 Å². The van der Waals surface area contributed by atoms with Crippen molar-refractivity contribution < 1.29 is 19.6 Å². The van der Waals surface area contributed by atoms with Gasteiger partial charge in [0.2, 0.25) is 17.7 Å². The van der Waals surface area contributed by atoms with Crippen LogP contribution in [0.5, 0.6) is 0 Å². The van der Waals surface area contributed by atoms with Crippen LogP contribution < -0.4 is 16.1 Å². The number of anilines is 2. The summed E-state index contributed by atoms with van der Waals surface area (Å²) < 4.78 is 0. The molecule has 0 aliphatic rings. The monoisotopic (exact) mass is 397 g/mol. The van der Waals surface area contributed by atoms with Crippen molar-refractivity contribution in [2.24, 2.45) is 0 Å². The third kappa shape index (κ3) is 9.03. The average molecular weight is 397 g/mol. The molecule has 0 unspecified atom stereocenters. The zero-order valence-electron chi connectivity index (χ0n) is 16.3. The highest BCUT2D eigenvalue weighted by Gasteiger charge is 2.05. The van der Waals surface area contributed by atoms with Crippen LogP contribution in [0.2, 0.25) is 0 Å². The fourth-order valence-corrected chi connectivity index (χ4v) is 2.82. The summed E-state index contributed by atoms with van der Waals surface area (Å²) >= 11 is 0. The Balaban J connectivity index is 1.55. The summed E-state index contributed by atoms with van der Waals surface area (Å²) in [7, 11) is 0. The van der Waals surface area contributed by atoms with Crippen LogP contribution >= 0.6 is 0 Å². The maximum Gasteiger partial charge on any atom is 0.247 e. The SMILES string of the molecule is O=C(Cc1ccc(NC(=O)CCCCCCC(=O)Nc2ccccc2)cc1)NO. The van der Waals surface area contributed by atoms with Gasteiger partial charge in [-0.1, -0.05) is 43.2 Å². The van der Waals surface area contributed by atoms with E-state index in [1.54, 1.807) is 29.7 Å². The van der Waals surface area contributed by atoms with E-state index < -0.39 is 5.91 Å². The second-order valence-electron chi connectivity index (χ2n) is 6.79. The number of rotatable bonds is 11. The van der Waals surface area contributed by atoms with Gasteiger partial charge in [-0.15, -0.1) is 0 Å². The zero-order valence-corrected chi connectivity index (χ0v) is 16.3. The molecule has 0 saturated carbocycles. The van der Waals surface area contributed by atoms with E-state index in [9.17, 15) is 14.4 Å². The summed E-state index contributed by atoms with van der Waals surface area (Å²) in [5.41, 5.74) is 3.80. The molecule has 0 spiro atoms. The number of amides is 3. The number of unbranched alkanes of at least 4 members (excludes halogenated alkanes) is 3. The zero-order chi connectivity index (χ0) is 20.9. The van der Waals surface area contributed by atoms with Crippen molar-refractivity contribution in [3.8, 4) is 0 Å². The van der Waals surface area contributed by atoms with E-state index in [1.165, 1.54) is 0 Å². The van der Waals surface area contributed by atoms with Crippen molar-refractivity contribution in [1.29, 1.82) is 0 Å². The van der Waals surface area contributed by atoms with Gasteiger partial charge in [-0.05, 0) is 42.7 Å². The number of hydroxylamine groups is 1. The Morgan fingerprint density at radius 3 is 1.69 bits per heavy atom. The number of nitrogens with one attached hydrogen (secondary N) is 3. The molecule has 3 amide bonds.